The number of methoxy groups -OCH3 is 1. The van der Waals surface area contributed by atoms with Gasteiger partial charge < -0.3 is 14.8 Å². The molecule has 0 unspecified atom stereocenters. The first-order chi connectivity index (χ1) is 12.9. The van der Waals surface area contributed by atoms with Crippen molar-refractivity contribution in [1.82, 2.24) is 0 Å². The highest BCUT2D eigenvalue weighted by Gasteiger charge is 2.29. The number of amides is 1. The quantitative estimate of drug-likeness (QED) is 0.757. The molecular formula is C19H19F2NO4S. The van der Waals surface area contributed by atoms with Gasteiger partial charge in [0.25, 0.3) is 5.91 Å². The summed E-state index contributed by atoms with van der Waals surface area (Å²) in [5.74, 6) is -0.600. The van der Waals surface area contributed by atoms with Crippen LogP contribution in [0.25, 0.3) is 0 Å². The SMILES string of the molecule is COC(=O)c1c(NC(=O)c2cccc(OC(F)F)c2)sc2c1CC[C@@H](C)C2. The Balaban J connectivity index is 1.89. The number of rotatable bonds is 5. The van der Waals surface area contributed by atoms with Crippen LogP contribution in [0.4, 0.5) is 13.8 Å². The third kappa shape index (κ3) is 4.27. The van der Waals surface area contributed by atoms with Crippen LogP contribution in [-0.4, -0.2) is 25.6 Å². The van der Waals surface area contributed by atoms with Gasteiger partial charge in [0, 0.05) is 10.4 Å². The molecule has 8 heteroatoms. The molecule has 2 aromatic rings. The van der Waals surface area contributed by atoms with Crippen LogP contribution in [-0.2, 0) is 17.6 Å². The Morgan fingerprint density at radius 2 is 2.11 bits per heavy atom. The van der Waals surface area contributed by atoms with Crippen LogP contribution in [0.5, 0.6) is 5.75 Å². The molecule has 1 atom stereocenters. The topological polar surface area (TPSA) is 64.6 Å². The average Bonchev–Trinajstić information content (AvgIpc) is 2.97. The summed E-state index contributed by atoms with van der Waals surface area (Å²) in [5.41, 5.74) is 1.47. The number of carbonyl (C=O) groups is 2. The largest absolute Gasteiger partial charge is 0.465 e. The first-order valence-corrected chi connectivity index (χ1v) is 9.29. The molecule has 0 radical (unpaired) electrons. The maximum atomic E-state index is 12.6. The Morgan fingerprint density at radius 1 is 1.33 bits per heavy atom. The maximum Gasteiger partial charge on any atom is 0.387 e. The Bertz CT molecular complexity index is 865. The van der Waals surface area contributed by atoms with Gasteiger partial charge in [0.2, 0.25) is 0 Å². The monoisotopic (exact) mass is 395 g/mol. The van der Waals surface area contributed by atoms with Crippen molar-refractivity contribution in [2.45, 2.75) is 32.8 Å². The number of esters is 1. The Kier molecular flexibility index (Phi) is 5.74. The van der Waals surface area contributed by atoms with Crippen LogP contribution in [0.15, 0.2) is 24.3 Å². The second kappa shape index (κ2) is 8.04. The van der Waals surface area contributed by atoms with E-state index in [1.54, 1.807) is 0 Å². The van der Waals surface area contributed by atoms with Crippen molar-refractivity contribution in [3.8, 4) is 5.75 Å². The van der Waals surface area contributed by atoms with Crippen molar-refractivity contribution in [2.75, 3.05) is 12.4 Å². The lowest BCUT2D eigenvalue weighted by Gasteiger charge is -2.18. The van der Waals surface area contributed by atoms with Gasteiger partial charge in [0.1, 0.15) is 10.8 Å². The normalized spacial score (nSPS) is 16.0. The van der Waals surface area contributed by atoms with Crippen LogP contribution >= 0.6 is 11.3 Å². The van der Waals surface area contributed by atoms with Crippen molar-refractivity contribution in [3.05, 3.63) is 45.8 Å². The number of hydrogen-bond donors (Lipinski definition) is 1. The average molecular weight is 395 g/mol. The van der Waals surface area contributed by atoms with E-state index in [4.69, 9.17) is 4.74 Å². The summed E-state index contributed by atoms with van der Waals surface area (Å²) in [6, 6.07) is 5.51. The van der Waals surface area contributed by atoms with Crippen molar-refractivity contribution in [3.63, 3.8) is 0 Å². The molecule has 0 spiro atoms. The molecule has 1 heterocycles. The summed E-state index contributed by atoms with van der Waals surface area (Å²) >= 11 is 1.36. The Morgan fingerprint density at radius 3 is 2.81 bits per heavy atom. The van der Waals surface area contributed by atoms with Crippen LogP contribution in [0.2, 0.25) is 0 Å². The summed E-state index contributed by atoms with van der Waals surface area (Å²) in [6.07, 6.45) is 2.57. The minimum absolute atomic E-state index is 0.106. The van der Waals surface area contributed by atoms with E-state index in [-0.39, 0.29) is 11.3 Å². The highest BCUT2D eigenvalue weighted by molar-refractivity contribution is 7.17. The van der Waals surface area contributed by atoms with Gasteiger partial charge in [-0.3, -0.25) is 4.79 Å². The molecule has 1 amide bonds. The molecule has 0 saturated carbocycles. The van der Waals surface area contributed by atoms with E-state index >= 15 is 0 Å². The molecule has 1 aliphatic rings. The lowest BCUT2D eigenvalue weighted by Crippen LogP contribution is -2.16. The van der Waals surface area contributed by atoms with E-state index in [1.165, 1.54) is 42.7 Å². The van der Waals surface area contributed by atoms with E-state index in [2.05, 4.69) is 17.0 Å². The van der Waals surface area contributed by atoms with E-state index in [9.17, 15) is 18.4 Å². The van der Waals surface area contributed by atoms with Crippen LogP contribution in [0.1, 0.15) is 44.5 Å². The second-order valence-corrected chi connectivity index (χ2v) is 7.51. The molecule has 1 aromatic carbocycles. The molecule has 1 aromatic heterocycles. The zero-order valence-electron chi connectivity index (χ0n) is 14.9. The minimum atomic E-state index is -2.97. The number of benzene rings is 1. The summed E-state index contributed by atoms with van der Waals surface area (Å²) in [4.78, 5) is 25.9. The van der Waals surface area contributed by atoms with Crippen molar-refractivity contribution in [1.29, 1.82) is 0 Å². The lowest BCUT2D eigenvalue weighted by molar-refractivity contribution is -0.0498. The molecule has 0 bridgehead atoms. The Labute approximate surface area is 159 Å². The number of carbonyl (C=O) groups excluding carboxylic acids is 2. The zero-order chi connectivity index (χ0) is 19.6. The summed E-state index contributed by atoms with van der Waals surface area (Å²) < 4.78 is 34.0. The number of alkyl halides is 2. The maximum absolute atomic E-state index is 12.6. The number of nitrogens with one attached hydrogen (secondary N) is 1. The second-order valence-electron chi connectivity index (χ2n) is 6.41. The molecule has 0 aliphatic heterocycles. The number of thiophene rings is 1. The Hall–Kier alpha value is -2.48. The van der Waals surface area contributed by atoms with Crippen molar-refractivity contribution >= 4 is 28.2 Å². The standard InChI is InChI=1S/C19H19F2NO4S/c1-10-6-7-13-14(8-10)27-17(15(13)18(24)25-2)22-16(23)11-4-3-5-12(9-11)26-19(20)21/h3-5,9-10,19H,6-8H2,1-2H3,(H,22,23)/t10-/m1/s1. The fraction of sp³-hybridized carbons (Fsp3) is 0.368. The first kappa shape index (κ1) is 19.3. The number of anilines is 1. The van der Waals surface area contributed by atoms with Gasteiger partial charge in [0.05, 0.1) is 12.7 Å². The van der Waals surface area contributed by atoms with Gasteiger partial charge in [-0.1, -0.05) is 13.0 Å². The number of halogens is 2. The van der Waals surface area contributed by atoms with Crippen LogP contribution in [0, 0.1) is 5.92 Å². The molecule has 3 rings (SSSR count). The van der Waals surface area contributed by atoms with Gasteiger partial charge in [-0.2, -0.15) is 8.78 Å². The highest BCUT2D eigenvalue weighted by atomic mass is 32.1. The number of ether oxygens (including phenoxy) is 2. The summed E-state index contributed by atoms with van der Waals surface area (Å²) in [7, 11) is 1.30. The molecule has 0 fully saturated rings. The van der Waals surface area contributed by atoms with Crippen LogP contribution in [0.3, 0.4) is 0 Å². The number of hydrogen-bond acceptors (Lipinski definition) is 5. The highest BCUT2D eigenvalue weighted by Crippen LogP contribution is 2.40. The van der Waals surface area contributed by atoms with E-state index < -0.39 is 18.5 Å². The van der Waals surface area contributed by atoms with Crippen LogP contribution < -0.4 is 10.1 Å². The zero-order valence-corrected chi connectivity index (χ0v) is 15.7. The molecule has 144 valence electrons. The molecule has 27 heavy (non-hydrogen) atoms. The van der Waals surface area contributed by atoms with E-state index in [0.29, 0.717) is 16.5 Å². The van der Waals surface area contributed by atoms with E-state index in [0.717, 1.165) is 29.7 Å². The lowest BCUT2D eigenvalue weighted by atomic mass is 9.88. The molecular weight excluding hydrogens is 376 g/mol. The van der Waals surface area contributed by atoms with Gasteiger partial charge in [0.15, 0.2) is 0 Å². The smallest absolute Gasteiger partial charge is 0.387 e. The summed E-state index contributed by atoms with van der Waals surface area (Å²) in [5, 5.41) is 3.15. The predicted octanol–water partition coefficient (Wildman–Crippen LogP) is 4.51. The van der Waals surface area contributed by atoms with Gasteiger partial charge in [-0.15, -0.1) is 11.3 Å². The summed E-state index contributed by atoms with van der Waals surface area (Å²) in [6.45, 7) is -0.826. The van der Waals surface area contributed by atoms with Gasteiger partial charge in [-0.05, 0) is 48.9 Å². The van der Waals surface area contributed by atoms with E-state index in [1.807, 2.05) is 0 Å². The minimum Gasteiger partial charge on any atom is -0.465 e. The molecule has 1 aliphatic carbocycles. The fourth-order valence-corrected chi connectivity index (χ4v) is 4.54. The fourth-order valence-electron chi connectivity index (χ4n) is 3.15. The van der Waals surface area contributed by atoms with Crippen molar-refractivity contribution < 1.29 is 27.8 Å². The predicted molar refractivity (Wildman–Crippen MR) is 97.9 cm³/mol. The van der Waals surface area contributed by atoms with Gasteiger partial charge >= 0.3 is 12.6 Å². The molecule has 5 nitrogen and oxygen atoms in total. The van der Waals surface area contributed by atoms with Gasteiger partial charge in [-0.25, -0.2) is 4.79 Å². The first-order valence-electron chi connectivity index (χ1n) is 8.48. The van der Waals surface area contributed by atoms with Crippen molar-refractivity contribution in [2.24, 2.45) is 5.92 Å². The number of fused-ring (bicyclic) bond motifs is 1. The third-order valence-corrected chi connectivity index (χ3v) is 5.62. The molecule has 0 saturated heterocycles. The third-order valence-electron chi connectivity index (χ3n) is 4.45. The molecule has 1 N–H and O–H groups in total.